The Kier molecular flexibility index (Phi) is 5.43. The average Bonchev–Trinajstić information content (AvgIpc) is 1.35. The highest BCUT2D eigenvalue weighted by molar-refractivity contribution is 7.66. The van der Waals surface area contributed by atoms with Crippen LogP contribution in [0.2, 0.25) is 0 Å². The number of hydrogen-bond donors (Lipinski definition) is 0. The predicted molar refractivity (Wildman–Crippen MR) is 54.1 cm³/mol. The van der Waals surface area contributed by atoms with Crippen LogP contribution in [0.25, 0.3) is 0 Å². The Morgan fingerprint density at radius 2 is 1.83 bits per heavy atom. The first kappa shape index (κ1) is 7.30. The molecular weight excluding hydrogens is 169 g/mol. The van der Waals surface area contributed by atoms with Crippen LogP contribution in [0.3, 0.4) is 0 Å². The van der Waals surface area contributed by atoms with Crippen molar-refractivity contribution in [1.29, 1.82) is 0 Å². The maximum atomic E-state index is 1.70. The van der Waals surface area contributed by atoms with Gasteiger partial charge in [0.05, 0.1) is 0 Å². The minimum atomic E-state index is 0.343. The van der Waals surface area contributed by atoms with Crippen LogP contribution in [-0.4, -0.2) is 53.7 Å². The third-order valence-corrected chi connectivity index (χ3v) is 70.1. The molecule has 6 heteroatoms. The summed E-state index contributed by atoms with van der Waals surface area (Å²) in [5.41, 5.74) is 0. The van der Waals surface area contributed by atoms with E-state index in [9.17, 15) is 0 Å². The predicted octanol–water partition coefficient (Wildman–Crippen LogP) is -6.03. The molecule has 0 aliphatic rings. The molecule has 0 amide bonds. The SMILES string of the molecule is [SiH3][SiH2][SiH2][SiH]([SiH3])[SiH3]. The molecule has 0 aliphatic carbocycles. The van der Waals surface area contributed by atoms with E-state index in [1.165, 1.54) is 0 Å². The molecular formula is H14Si6. The highest BCUT2D eigenvalue weighted by Crippen LogP contribution is 1.52. The first-order chi connectivity index (χ1) is 2.77. The summed E-state index contributed by atoms with van der Waals surface area (Å²) in [6.45, 7) is 0. The highest BCUT2D eigenvalue weighted by atomic mass is 30.0. The summed E-state index contributed by atoms with van der Waals surface area (Å²) in [5.74, 6) is 0. The van der Waals surface area contributed by atoms with Crippen molar-refractivity contribution in [1.82, 2.24) is 0 Å². The lowest BCUT2D eigenvalue weighted by atomic mass is 26.2. The molecule has 0 aliphatic heterocycles. The molecule has 0 nitrogen and oxygen atoms in total. The van der Waals surface area contributed by atoms with E-state index in [4.69, 9.17) is 0 Å². The lowest BCUT2D eigenvalue weighted by molar-refractivity contribution is 3.85. The van der Waals surface area contributed by atoms with E-state index in [0.717, 1.165) is 17.1 Å². The molecule has 0 rings (SSSR count). The Labute approximate surface area is 54.0 Å². The van der Waals surface area contributed by atoms with Gasteiger partial charge in [0.1, 0.15) is 0 Å². The maximum Gasteiger partial charge on any atom is -0.00799 e. The van der Waals surface area contributed by atoms with Gasteiger partial charge in [-0.3, -0.25) is 0 Å². The highest BCUT2D eigenvalue weighted by Gasteiger charge is 1.90. The molecule has 0 spiro atoms. The van der Waals surface area contributed by atoms with E-state index in [1.807, 2.05) is 0 Å². The summed E-state index contributed by atoms with van der Waals surface area (Å²) in [7, 11) is 7.00. The van der Waals surface area contributed by atoms with Crippen molar-refractivity contribution < 1.29 is 0 Å². The second-order valence-electron chi connectivity index (χ2n) is 2.18. The second kappa shape index (κ2) is 4.46. The van der Waals surface area contributed by atoms with Crippen LogP contribution in [0.4, 0.5) is 0 Å². The monoisotopic (exact) mass is 182 g/mol. The fourth-order valence-corrected chi connectivity index (χ4v) is 140. The molecule has 0 radical (unpaired) electrons. The molecule has 0 N–H and O–H groups in total. The first-order valence-corrected chi connectivity index (χ1v) is 24.9. The minimum Gasteiger partial charge on any atom is -0.0120 e. The van der Waals surface area contributed by atoms with E-state index in [0.29, 0.717) is 7.35 Å². The smallest absolute Gasteiger partial charge is 0.00799 e. The zero-order valence-electron chi connectivity index (χ0n) is 4.99. The Morgan fingerprint density at radius 1 is 1.33 bits per heavy atom. The molecule has 0 bridgehead atoms. The summed E-state index contributed by atoms with van der Waals surface area (Å²) in [4.78, 5) is 0. The molecule has 0 saturated carbocycles. The van der Waals surface area contributed by atoms with Crippen LogP contribution in [0.1, 0.15) is 0 Å². The molecule has 0 unspecified atom stereocenters. The quantitative estimate of drug-likeness (QED) is 0.373. The van der Waals surface area contributed by atoms with Gasteiger partial charge in [0.25, 0.3) is 0 Å². The van der Waals surface area contributed by atoms with E-state index >= 15 is 0 Å². The molecule has 0 aromatic rings. The normalized spacial score (nSPS) is 20.0. The molecule has 0 heterocycles. The van der Waals surface area contributed by atoms with E-state index in [2.05, 4.69) is 0 Å². The van der Waals surface area contributed by atoms with Gasteiger partial charge >= 0.3 is 0 Å². The van der Waals surface area contributed by atoms with Gasteiger partial charge in [0.15, 0.2) is 0 Å². The second-order valence-corrected chi connectivity index (χ2v) is 58.9. The lowest BCUT2D eigenvalue weighted by Crippen LogP contribution is -2.28. The summed E-state index contributed by atoms with van der Waals surface area (Å²) in [6, 6.07) is 0. The van der Waals surface area contributed by atoms with Crippen LogP contribution in [-0.2, 0) is 0 Å². The first-order valence-electron chi connectivity index (χ1n) is 2.77. The molecule has 0 aromatic carbocycles. The molecule has 0 fully saturated rings. The average molecular weight is 183 g/mol. The van der Waals surface area contributed by atoms with E-state index in [-0.39, 0.29) is 0 Å². The van der Waals surface area contributed by atoms with Crippen molar-refractivity contribution in [3.63, 3.8) is 0 Å². The molecule has 6 heavy (non-hydrogen) atoms. The van der Waals surface area contributed by atoms with E-state index < -0.39 is 0 Å². The minimum absolute atomic E-state index is 0.343. The molecule has 38 valence electrons. The standard InChI is InChI=1S/H14Si6/c1-4-5-6(2)3/h6H,4-5H2,1-3H3. The Bertz CT molecular complexity index is 21.2. The fourth-order valence-electron chi connectivity index (χ4n) is 0.577. The lowest BCUT2D eigenvalue weighted by Gasteiger charge is -1.91. The molecule has 0 atom stereocenters. The summed E-state index contributed by atoms with van der Waals surface area (Å²) in [6.07, 6.45) is 0. The Balaban J connectivity index is 2.63. The van der Waals surface area contributed by atoms with Gasteiger partial charge in [-0.05, 0) is 53.7 Å². The number of hydrogen-bond acceptors (Lipinski definition) is 0. The largest absolute Gasteiger partial charge is 0.0120 e. The zero-order valence-corrected chi connectivity index (χ0v) is 15.0. The van der Waals surface area contributed by atoms with Gasteiger partial charge < -0.3 is 0 Å². The van der Waals surface area contributed by atoms with Crippen molar-refractivity contribution in [2.24, 2.45) is 0 Å². The van der Waals surface area contributed by atoms with Gasteiger partial charge in [0, 0.05) is 0 Å². The van der Waals surface area contributed by atoms with Crippen LogP contribution in [0.15, 0.2) is 0 Å². The van der Waals surface area contributed by atoms with Crippen LogP contribution in [0.5, 0.6) is 0 Å². The van der Waals surface area contributed by atoms with Gasteiger partial charge in [-0.15, -0.1) is 0 Å². The van der Waals surface area contributed by atoms with Crippen LogP contribution < -0.4 is 0 Å². The van der Waals surface area contributed by atoms with Gasteiger partial charge in [-0.1, -0.05) is 0 Å². The topological polar surface area (TPSA) is 0 Å². The Hall–Kier alpha value is 1.30. The van der Waals surface area contributed by atoms with E-state index in [1.54, 1.807) is 29.3 Å². The third-order valence-electron chi connectivity index (χ3n) is 0.866. The molecule has 0 saturated heterocycles. The summed E-state index contributed by atoms with van der Waals surface area (Å²) in [5, 5.41) is 0. The van der Waals surface area contributed by atoms with Crippen molar-refractivity contribution in [3.05, 3.63) is 0 Å². The van der Waals surface area contributed by atoms with Gasteiger partial charge in [-0.25, -0.2) is 0 Å². The summed E-state index contributed by atoms with van der Waals surface area (Å²) < 4.78 is 0. The third kappa shape index (κ3) is 5.30. The van der Waals surface area contributed by atoms with Crippen LogP contribution >= 0.6 is 0 Å². The van der Waals surface area contributed by atoms with Crippen molar-refractivity contribution in [2.75, 3.05) is 0 Å². The van der Waals surface area contributed by atoms with Gasteiger partial charge in [-0.2, -0.15) is 0 Å². The maximum absolute atomic E-state index is 1.70. The van der Waals surface area contributed by atoms with Gasteiger partial charge in [0.2, 0.25) is 0 Å². The van der Waals surface area contributed by atoms with Crippen molar-refractivity contribution >= 4 is 53.7 Å². The van der Waals surface area contributed by atoms with Crippen molar-refractivity contribution in [2.45, 2.75) is 0 Å². The van der Waals surface area contributed by atoms with Crippen molar-refractivity contribution in [3.8, 4) is 0 Å². The van der Waals surface area contributed by atoms with Crippen LogP contribution in [0, 0.1) is 0 Å². The number of rotatable bonds is 2. The molecule has 0 aromatic heterocycles. The Morgan fingerprint density at radius 3 is 1.83 bits per heavy atom. The fraction of sp³-hybridized carbons (Fsp3) is 0. The zero-order chi connectivity index (χ0) is 4.99. The summed E-state index contributed by atoms with van der Waals surface area (Å²) >= 11 is 0.